The van der Waals surface area contributed by atoms with Crippen molar-refractivity contribution in [1.82, 2.24) is 13.9 Å². The molecule has 1 N–H and O–H groups in total. The largest absolute Gasteiger partial charge is 0.392 e. The number of nitrogens with zero attached hydrogens (tertiary/aromatic N) is 3. The van der Waals surface area contributed by atoms with Crippen molar-refractivity contribution in [2.24, 2.45) is 0 Å². The fourth-order valence-corrected chi connectivity index (χ4v) is 6.77. The molecule has 0 amide bonds. The monoisotopic (exact) mass is 551 g/mol. The van der Waals surface area contributed by atoms with Crippen molar-refractivity contribution in [2.75, 3.05) is 13.1 Å². The number of benzene rings is 3. The predicted molar refractivity (Wildman–Crippen MR) is 160 cm³/mol. The van der Waals surface area contributed by atoms with Crippen molar-refractivity contribution < 1.29 is 13.5 Å². The summed E-state index contributed by atoms with van der Waals surface area (Å²) < 4.78 is 28.8. The first-order valence-corrected chi connectivity index (χ1v) is 15.1. The summed E-state index contributed by atoms with van der Waals surface area (Å²) in [6.07, 6.45) is 5.10. The highest BCUT2D eigenvalue weighted by Gasteiger charge is 2.23. The topological polar surface area (TPSA) is 75.4 Å². The number of aliphatic hydroxyl groups is 1. The number of rotatable bonds is 6. The number of β-amino-alcohol motifs (C(OH)–C–C–N with tert-alkyl or cyclic N) is 1. The van der Waals surface area contributed by atoms with Crippen LogP contribution in [0.25, 0.3) is 33.3 Å². The van der Waals surface area contributed by atoms with E-state index in [1.807, 2.05) is 56.3 Å². The normalized spacial score (nSPS) is 16.4. The number of likely N-dealkylation sites (tertiary alicyclic amines) is 1. The lowest BCUT2D eigenvalue weighted by Gasteiger charge is -2.29. The van der Waals surface area contributed by atoms with E-state index in [0.29, 0.717) is 12.2 Å². The summed E-state index contributed by atoms with van der Waals surface area (Å²) in [7, 11) is -3.85. The second-order valence-corrected chi connectivity index (χ2v) is 12.7. The van der Waals surface area contributed by atoms with Crippen LogP contribution in [0.4, 0.5) is 0 Å². The summed E-state index contributed by atoms with van der Waals surface area (Å²) >= 11 is 0. The van der Waals surface area contributed by atoms with Gasteiger partial charge in [0.05, 0.1) is 11.0 Å². The zero-order valence-corrected chi connectivity index (χ0v) is 23.6. The van der Waals surface area contributed by atoms with E-state index >= 15 is 0 Å². The average molecular weight is 552 g/mol. The van der Waals surface area contributed by atoms with Crippen molar-refractivity contribution >= 4 is 21.1 Å². The van der Waals surface area contributed by atoms with Crippen molar-refractivity contribution in [1.29, 1.82) is 0 Å². The lowest BCUT2D eigenvalue weighted by Crippen LogP contribution is -2.37. The molecule has 2 aromatic heterocycles. The predicted octanol–water partition coefficient (Wildman–Crippen LogP) is 6.18. The average Bonchev–Trinajstić information content (AvgIpc) is 3.34. The van der Waals surface area contributed by atoms with Crippen LogP contribution in [0.1, 0.15) is 29.5 Å². The number of pyridine rings is 1. The Hall–Kier alpha value is -3.78. The third kappa shape index (κ3) is 5.20. The van der Waals surface area contributed by atoms with Gasteiger partial charge < -0.3 is 5.11 Å². The third-order valence-corrected chi connectivity index (χ3v) is 9.39. The molecule has 0 saturated carbocycles. The number of hydrogen-bond acceptors (Lipinski definition) is 5. The van der Waals surface area contributed by atoms with Crippen LogP contribution >= 0.6 is 0 Å². The van der Waals surface area contributed by atoms with Crippen molar-refractivity contribution in [3.63, 3.8) is 0 Å². The maximum absolute atomic E-state index is 13.7. The highest BCUT2D eigenvalue weighted by Crippen LogP contribution is 2.35. The van der Waals surface area contributed by atoms with Gasteiger partial charge in [-0.05, 0) is 68.1 Å². The van der Waals surface area contributed by atoms with E-state index in [0.717, 1.165) is 64.7 Å². The number of fused-ring (bicyclic) bond motifs is 1. The van der Waals surface area contributed by atoms with Gasteiger partial charge in [0.25, 0.3) is 10.0 Å². The highest BCUT2D eigenvalue weighted by atomic mass is 32.2. The summed E-state index contributed by atoms with van der Waals surface area (Å²) in [5.41, 5.74) is 7.43. The van der Waals surface area contributed by atoms with Crippen molar-refractivity contribution in [2.45, 2.75) is 44.2 Å². The van der Waals surface area contributed by atoms with E-state index in [4.69, 9.17) is 4.98 Å². The summed E-state index contributed by atoms with van der Waals surface area (Å²) in [5.74, 6) is 0. The Bertz CT molecular complexity index is 1760. The molecule has 3 aromatic carbocycles. The first kappa shape index (κ1) is 26.4. The zero-order chi connectivity index (χ0) is 27.9. The van der Waals surface area contributed by atoms with Gasteiger partial charge in [-0.15, -0.1) is 0 Å². The molecular formula is C33H33N3O3S. The molecule has 1 unspecified atom stereocenters. The molecule has 0 radical (unpaired) electrons. The molecule has 7 heteroatoms. The molecule has 0 spiro atoms. The van der Waals surface area contributed by atoms with Crippen LogP contribution in [-0.2, 0) is 16.6 Å². The molecule has 0 aliphatic carbocycles. The number of hydrogen-bond donors (Lipinski definition) is 1. The summed E-state index contributed by atoms with van der Waals surface area (Å²) in [6, 6.07) is 25.5. The van der Waals surface area contributed by atoms with Gasteiger partial charge in [-0.25, -0.2) is 17.4 Å². The third-order valence-electron chi connectivity index (χ3n) is 7.73. The lowest BCUT2D eigenvalue weighted by molar-refractivity contribution is 0.0668. The molecule has 3 heterocycles. The molecule has 5 aromatic rings. The Labute approximate surface area is 235 Å². The van der Waals surface area contributed by atoms with E-state index in [2.05, 4.69) is 29.2 Å². The zero-order valence-electron chi connectivity index (χ0n) is 22.8. The van der Waals surface area contributed by atoms with E-state index in [-0.39, 0.29) is 11.0 Å². The van der Waals surface area contributed by atoms with Crippen molar-refractivity contribution in [3.05, 3.63) is 108 Å². The fraction of sp³-hybridized carbons (Fsp3) is 0.242. The molecule has 6 nitrogen and oxygen atoms in total. The molecule has 1 fully saturated rings. The number of aromatic nitrogens is 2. The maximum atomic E-state index is 13.7. The first-order valence-electron chi connectivity index (χ1n) is 13.7. The maximum Gasteiger partial charge on any atom is 0.269 e. The van der Waals surface area contributed by atoms with Crippen LogP contribution in [0.2, 0.25) is 0 Å². The summed E-state index contributed by atoms with van der Waals surface area (Å²) in [6.45, 7) is 6.50. The summed E-state index contributed by atoms with van der Waals surface area (Å²) in [5, 5.41) is 10.8. The van der Waals surface area contributed by atoms with Crippen LogP contribution in [-0.4, -0.2) is 46.6 Å². The fourth-order valence-electron chi connectivity index (χ4n) is 5.44. The molecule has 204 valence electrons. The van der Waals surface area contributed by atoms with E-state index in [1.165, 1.54) is 9.54 Å². The van der Waals surface area contributed by atoms with Gasteiger partial charge in [-0.1, -0.05) is 71.8 Å². The molecule has 1 saturated heterocycles. The van der Waals surface area contributed by atoms with Gasteiger partial charge in [-0.2, -0.15) is 0 Å². The SMILES string of the molecule is Cc1ccc(-c2cn(S(=O)(=O)c3ccc(C)cc3)c3ncc(-c4ccc(CN5CCCC(O)C5)cc4)cc23)cc1. The molecule has 1 atom stereocenters. The molecule has 6 rings (SSSR count). The Kier molecular flexibility index (Phi) is 7.04. The molecule has 1 aliphatic heterocycles. The lowest BCUT2D eigenvalue weighted by atomic mass is 10.0. The Balaban J connectivity index is 1.40. The molecule has 1 aliphatic rings. The minimum Gasteiger partial charge on any atom is -0.392 e. The van der Waals surface area contributed by atoms with Crippen LogP contribution in [0, 0.1) is 13.8 Å². The first-order chi connectivity index (χ1) is 19.3. The van der Waals surface area contributed by atoms with Gasteiger partial charge in [0.2, 0.25) is 0 Å². The Morgan fingerprint density at radius 3 is 2.20 bits per heavy atom. The second-order valence-electron chi connectivity index (χ2n) is 10.8. The van der Waals surface area contributed by atoms with Gasteiger partial charge in [0, 0.05) is 42.0 Å². The van der Waals surface area contributed by atoms with E-state index in [9.17, 15) is 13.5 Å². The standard InChI is InChI=1S/C33H33N3O3S/c1-23-5-11-27(12-6-23)32-22-36(40(38,39)30-15-7-24(2)8-16-30)33-31(32)18-28(19-34-33)26-13-9-25(10-14-26)20-35-17-3-4-29(37)21-35/h5-16,18-19,22,29,37H,3-4,17,20-21H2,1-2H3. The minimum atomic E-state index is -3.85. The minimum absolute atomic E-state index is 0.230. The van der Waals surface area contributed by atoms with Crippen molar-refractivity contribution in [3.8, 4) is 22.3 Å². The smallest absolute Gasteiger partial charge is 0.269 e. The van der Waals surface area contributed by atoms with Crippen LogP contribution in [0.5, 0.6) is 0 Å². The molecule has 40 heavy (non-hydrogen) atoms. The summed E-state index contributed by atoms with van der Waals surface area (Å²) in [4.78, 5) is 7.23. The number of piperidine rings is 1. The molecular weight excluding hydrogens is 518 g/mol. The van der Waals surface area contributed by atoms with E-state index in [1.54, 1.807) is 24.5 Å². The van der Waals surface area contributed by atoms with Gasteiger partial charge in [-0.3, -0.25) is 4.90 Å². The van der Waals surface area contributed by atoms with Gasteiger partial charge in [0.15, 0.2) is 5.65 Å². The quantitative estimate of drug-likeness (QED) is 0.273. The Morgan fingerprint density at radius 1 is 0.875 bits per heavy atom. The van der Waals surface area contributed by atoms with Crippen LogP contribution < -0.4 is 0 Å². The van der Waals surface area contributed by atoms with E-state index < -0.39 is 10.0 Å². The highest BCUT2D eigenvalue weighted by molar-refractivity contribution is 7.90. The second kappa shape index (κ2) is 10.7. The van der Waals surface area contributed by atoms with Gasteiger partial charge in [0.1, 0.15) is 0 Å². The van der Waals surface area contributed by atoms with Crippen LogP contribution in [0.3, 0.4) is 0 Å². The molecule has 0 bridgehead atoms. The Morgan fingerprint density at radius 2 is 1.52 bits per heavy atom. The van der Waals surface area contributed by atoms with Crippen LogP contribution in [0.15, 0.2) is 96.2 Å². The number of aliphatic hydroxyl groups excluding tert-OH is 1. The number of aryl methyl sites for hydroxylation is 2. The van der Waals surface area contributed by atoms with Gasteiger partial charge >= 0.3 is 0 Å².